The van der Waals surface area contributed by atoms with Gasteiger partial charge in [0.1, 0.15) is 11.3 Å². The lowest BCUT2D eigenvalue weighted by Gasteiger charge is -2.21. The largest absolute Gasteiger partial charge is 0.497 e. The van der Waals surface area contributed by atoms with Crippen LogP contribution in [-0.2, 0) is 11.2 Å². The lowest BCUT2D eigenvalue weighted by atomic mass is 9.83. The van der Waals surface area contributed by atoms with Gasteiger partial charge in [-0.2, -0.15) is 0 Å². The van der Waals surface area contributed by atoms with Crippen LogP contribution in [0.3, 0.4) is 0 Å². The molecule has 1 heterocycles. The van der Waals surface area contributed by atoms with Crippen molar-refractivity contribution in [3.8, 4) is 5.75 Å². The molecule has 1 aromatic heterocycles. The van der Waals surface area contributed by atoms with E-state index in [-0.39, 0.29) is 0 Å². The Kier molecular flexibility index (Phi) is 3.12. The molecular weight excluding hydrogens is 258 g/mol. The molecule has 0 unspecified atom stereocenters. The summed E-state index contributed by atoms with van der Waals surface area (Å²) in [6.45, 7) is 0. The molecule has 0 saturated heterocycles. The first-order chi connectivity index (χ1) is 9.63. The van der Waals surface area contributed by atoms with Gasteiger partial charge < -0.3 is 14.3 Å². The molecule has 1 aliphatic carbocycles. The molecule has 0 spiro atoms. The van der Waals surface area contributed by atoms with Crippen LogP contribution < -0.4 is 4.74 Å². The Hall–Kier alpha value is -2.04. The molecule has 3 rings (SSSR count). The molecule has 1 N–H and O–H groups in total. The standard InChI is InChI=1S/C15H17NO4/c1-19-10-4-5-12-11(8-10)16-13(20-12)9-15(14(17)18)6-2-3-7-15/h4-5,8H,2-3,6-7,9H2,1H3,(H,17,18). The lowest BCUT2D eigenvalue weighted by molar-refractivity contribution is -0.148. The predicted octanol–water partition coefficient (Wildman–Crippen LogP) is 3.02. The van der Waals surface area contributed by atoms with E-state index in [9.17, 15) is 9.90 Å². The minimum atomic E-state index is -0.741. The first-order valence-electron chi connectivity index (χ1n) is 6.80. The molecule has 20 heavy (non-hydrogen) atoms. The van der Waals surface area contributed by atoms with Crippen molar-refractivity contribution in [1.29, 1.82) is 0 Å². The number of carboxylic acid groups (broad SMARTS) is 1. The molecule has 5 nitrogen and oxygen atoms in total. The fraction of sp³-hybridized carbons (Fsp3) is 0.467. The minimum absolute atomic E-state index is 0.360. The monoisotopic (exact) mass is 275 g/mol. The van der Waals surface area contributed by atoms with Crippen molar-refractivity contribution in [2.75, 3.05) is 7.11 Å². The van der Waals surface area contributed by atoms with E-state index in [1.165, 1.54) is 0 Å². The average Bonchev–Trinajstić information content (AvgIpc) is 3.05. The number of ether oxygens (including phenoxy) is 1. The second kappa shape index (κ2) is 4.81. The van der Waals surface area contributed by atoms with E-state index in [2.05, 4.69) is 4.98 Å². The highest BCUT2D eigenvalue weighted by Gasteiger charge is 2.42. The smallest absolute Gasteiger partial charge is 0.310 e. The Bertz CT molecular complexity index is 640. The van der Waals surface area contributed by atoms with Gasteiger partial charge in [-0.05, 0) is 25.0 Å². The van der Waals surface area contributed by atoms with E-state index in [1.807, 2.05) is 0 Å². The number of nitrogens with zero attached hydrogens (tertiary/aromatic N) is 1. The van der Waals surface area contributed by atoms with E-state index < -0.39 is 11.4 Å². The fourth-order valence-electron chi connectivity index (χ4n) is 2.97. The van der Waals surface area contributed by atoms with Gasteiger partial charge in [0.25, 0.3) is 0 Å². The third-order valence-corrected chi connectivity index (χ3v) is 4.14. The molecule has 1 aliphatic rings. The Morgan fingerprint density at radius 3 is 2.85 bits per heavy atom. The summed E-state index contributed by atoms with van der Waals surface area (Å²) in [6, 6.07) is 5.40. The highest BCUT2D eigenvalue weighted by atomic mass is 16.5. The van der Waals surface area contributed by atoms with Gasteiger partial charge in [0.05, 0.1) is 12.5 Å². The Morgan fingerprint density at radius 2 is 2.20 bits per heavy atom. The van der Waals surface area contributed by atoms with Crippen molar-refractivity contribution in [2.45, 2.75) is 32.1 Å². The number of oxazole rings is 1. The van der Waals surface area contributed by atoms with Crippen LogP contribution in [0.1, 0.15) is 31.6 Å². The summed E-state index contributed by atoms with van der Waals surface area (Å²) >= 11 is 0. The first-order valence-corrected chi connectivity index (χ1v) is 6.80. The fourth-order valence-corrected chi connectivity index (χ4v) is 2.97. The van der Waals surface area contributed by atoms with Crippen LogP contribution in [0.5, 0.6) is 5.75 Å². The number of hydrogen-bond donors (Lipinski definition) is 1. The maximum absolute atomic E-state index is 11.6. The second-order valence-electron chi connectivity index (χ2n) is 5.41. The van der Waals surface area contributed by atoms with Crippen molar-refractivity contribution >= 4 is 17.1 Å². The van der Waals surface area contributed by atoms with Gasteiger partial charge >= 0.3 is 5.97 Å². The van der Waals surface area contributed by atoms with Gasteiger partial charge in [-0.3, -0.25) is 4.79 Å². The number of aromatic nitrogens is 1. The zero-order valence-electron chi connectivity index (χ0n) is 11.4. The number of methoxy groups -OCH3 is 1. The Labute approximate surface area is 116 Å². The molecule has 1 fully saturated rings. The molecule has 2 aromatic rings. The molecular formula is C15H17NO4. The number of hydrogen-bond acceptors (Lipinski definition) is 4. The van der Waals surface area contributed by atoms with Gasteiger partial charge in [-0.15, -0.1) is 0 Å². The first kappa shape index (κ1) is 13.0. The van der Waals surface area contributed by atoms with E-state index in [4.69, 9.17) is 9.15 Å². The summed E-state index contributed by atoms with van der Waals surface area (Å²) in [7, 11) is 1.60. The molecule has 1 aromatic carbocycles. The number of rotatable bonds is 4. The van der Waals surface area contributed by atoms with Crippen LogP contribution in [-0.4, -0.2) is 23.2 Å². The summed E-state index contributed by atoms with van der Waals surface area (Å²) in [5.41, 5.74) is 0.669. The van der Waals surface area contributed by atoms with Crippen LogP contribution in [0.4, 0.5) is 0 Å². The zero-order valence-corrected chi connectivity index (χ0v) is 11.4. The second-order valence-corrected chi connectivity index (χ2v) is 5.41. The summed E-state index contributed by atoms with van der Waals surface area (Å²) in [5, 5.41) is 9.49. The molecule has 0 radical (unpaired) electrons. The molecule has 0 atom stereocenters. The number of aliphatic carboxylic acids is 1. The number of fused-ring (bicyclic) bond motifs is 1. The van der Waals surface area contributed by atoms with Crippen molar-refractivity contribution < 1.29 is 19.1 Å². The number of carbonyl (C=O) groups is 1. The predicted molar refractivity (Wildman–Crippen MR) is 72.8 cm³/mol. The van der Waals surface area contributed by atoms with Crippen molar-refractivity contribution in [2.24, 2.45) is 5.41 Å². The van der Waals surface area contributed by atoms with Gasteiger partial charge in [-0.1, -0.05) is 12.8 Å². The molecule has 5 heteroatoms. The quantitative estimate of drug-likeness (QED) is 0.928. The van der Waals surface area contributed by atoms with Gasteiger partial charge in [0, 0.05) is 12.5 Å². The number of benzene rings is 1. The molecule has 0 amide bonds. The number of carboxylic acids is 1. The van der Waals surface area contributed by atoms with E-state index in [0.717, 1.165) is 12.8 Å². The van der Waals surface area contributed by atoms with E-state index in [0.29, 0.717) is 42.0 Å². The van der Waals surface area contributed by atoms with Crippen molar-refractivity contribution in [3.05, 3.63) is 24.1 Å². The maximum atomic E-state index is 11.6. The lowest BCUT2D eigenvalue weighted by Crippen LogP contribution is -2.30. The minimum Gasteiger partial charge on any atom is -0.497 e. The van der Waals surface area contributed by atoms with Crippen LogP contribution in [0.25, 0.3) is 11.1 Å². The third kappa shape index (κ3) is 2.13. The SMILES string of the molecule is COc1ccc2oc(CC3(C(=O)O)CCCC3)nc2c1. The highest BCUT2D eigenvalue weighted by molar-refractivity contribution is 5.76. The zero-order chi connectivity index (χ0) is 14.2. The maximum Gasteiger partial charge on any atom is 0.310 e. The van der Waals surface area contributed by atoms with Crippen LogP contribution >= 0.6 is 0 Å². The van der Waals surface area contributed by atoms with Gasteiger partial charge in [0.2, 0.25) is 0 Å². The summed E-state index contributed by atoms with van der Waals surface area (Å²) in [6.07, 6.45) is 3.68. The van der Waals surface area contributed by atoms with E-state index >= 15 is 0 Å². The topological polar surface area (TPSA) is 72.6 Å². The Morgan fingerprint density at radius 1 is 1.45 bits per heavy atom. The highest BCUT2D eigenvalue weighted by Crippen LogP contribution is 2.41. The molecule has 0 bridgehead atoms. The van der Waals surface area contributed by atoms with Gasteiger partial charge in [-0.25, -0.2) is 4.98 Å². The molecule has 106 valence electrons. The van der Waals surface area contributed by atoms with Crippen LogP contribution in [0.2, 0.25) is 0 Å². The summed E-state index contributed by atoms with van der Waals surface area (Å²) in [4.78, 5) is 16.0. The average molecular weight is 275 g/mol. The van der Waals surface area contributed by atoms with Crippen molar-refractivity contribution in [1.82, 2.24) is 4.98 Å². The molecule has 1 saturated carbocycles. The normalized spacial score (nSPS) is 17.4. The van der Waals surface area contributed by atoms with Crippen molar-refractivity contribution in [3.63, 3.8) is 0 Å². The third-order valence-electron chi connectivity index (χ3n) is 4.14. The Balaban J connectivity index is 1.92. The van der Waals surface area contributed by atoms with Gasteiger partial charge in [0.15, 0.2) is 11.5 Å². The summed E-state index contributed by atoms with van der Waals surface area (Å²) in [5.74, 6) is 0.471. The summed E-state index contributed by atoms with van der Waals surface area (Å²) < 4.78 is 10.8. The molecule has 0 aliphatic heterocycles. The van der Waals surface area contributed by atoms with Crippen LogP contribution in [0, 0.1) is 5.41 Å². The van der Waals surface area contributed by atoms with E-state index in [1.54, 1.807) is 25.3 Å². The van der Waals surface area contributed by atoms with Crippen LogP contribution in [0.15, 0.2) is 22.6 Å².